The van der Waals surface area contributed by atoms with Gasteiger partial charge in [-0.2, -0.15) is 5.10 Å². The molecule has 0 saturated heterocycles. The average molecular weight is 402 g/mol. The molecule has 0 aliphatic rings. The molecule has 0 fully saturated rings. The van der Waals surface area contributed by atoms with E-state index in [9.17, 15) is 9.59 Å². The number of amides is 2. The van der Waals surface area contributed by atoms with Crippen LogP contribution in [0.25, 0.3) is 11.8 Å². The van der Waals surface area contributed by atoms with E-state index in [1.807, 2.05) is 79.2 Å². The normalized spacial score (nSPS) is 10.9. The van der Waals surface area contributed by atoms with Crippen molar-refractivity contribution in [3.63, 3.8) is 0 Å². The first-order valence-corrected chi connectivity index (χ1v) is 9.93. The van der Waals surface area contributed by atoms with Gasteiger partial charge in [-0.25, -0.2) is 4.68 Å². The van der Waals surface area contributed by atoms with Crippen molar-refractivity contribution >= 4 is 17.9 Å². The van der Waals surface area contributed by atoms with Crippen molar-refractivity contribution < 1.29 is 9.59 Å². The molecule has 3 aromatic rings. The van der Waals surface area contributed by atoms with Gasteiger partial charge < -0.3 is 10.6 Å². The van der Waals surface area contributed by atoms with E-state index in [-0.39, 0.29) is 18.4 Å². The van der Waals surface area contributed by atoms with Crippen LogP contribution in [-0.2, 0) is 16.0 Å². The van der Waals surface area contributed by atoms with Gasteiger partial charge in [0, 0.05) is 23.9 Å². The van der Waals surface area contributed by atoms with Gasteiger partial charge in [0.1, 0.15) is 0 Å². The molecule has 0 bridgehead atoms. The Bertz CT molecular complexity index is 1020. The van der Waals surface area contributed by atoms with Gasteiger partial charge in [-0.05, 0) is 44.0 Å². The maximum atomic E-state index is 12.1. The van der Waals surface area contributed by atoms with Crippen LogP contribution in [-0.4, -0.2) is 34.7 Å². The lowest BCUT2D eigenvalue weighted by Crippen LogP contribution is -2.37. The number of nitrogens with zero attached hydrogens (tertiary/aromatic N) is 2. The van der Waals surface area contributed by atoms with E-state index in [0.29, 0.717) is 6.54 Å². The van der Waals surface area contributed by atoms with Crippen LogP contribution >= 0.6 is 0 Å². The van der Waals surface area contributed by atoms with Crippen LogP contribution in [0.1, 0.15) is 22.5 Å². The first-order valence-electron chi connectivity index (χ1n) is 9.93. The standard InChI is InChI=1S/C24H26N4O2/c1-18-22(19(2)28(27-18)21-11-7-4-8-12-21)13-14-23(29)26-17-24(30)25-16-15-20-9-5-3-6-10-20/h3-14H,15-17H2,1-2H3,(H,25,30)(H,26,29)/b14-13+. The molecule has 6 heteroatoms. The number of carbonyl (C=O) groups is 2. The number of hydrogen-bond donors (Lipinski definition) is 2. The second-order valence-electron chi connectivity index (χ2n) is 6.97. The van der Waals surface area contributed by atoms with Crippen LogP contribution < -0.4 is 10.6 Å². The zero-order valence-electron chi connectivity index (χ0n) is 17.3. The van der Waals surface area contributed by atoms with E-state index in [2.05, 4.69) is 15.7 Å². The minimum Gasteiger partial charge on any atom is -0.354 e. The molecule has 1 aromatic heterocycles. The predicted octanol–water partition coefficient (Wildman–Crippen LogP) is 2.98. The molecule has 0 aliphatic carbocycles. The van der Waals surface area contributed by atoms with Crippen molar-refractivity contribution in [1.82, 2.24) is 20.4 Å². The van der Waals surface area contributed by atoms with Gasteiger partial charge in [0.05, 0.1) is 17.9 Å². The molecule has 2 aromatic carbocycles. The maximum Gasteiger partial charge on any atom is 0.244 e. The summed E-state index contributed by atoms with van der Waals surface area (Å²) >= 11 is 0. The Balaban J connectivity index is 1.49. The summed E-state index contributed by atoms with van der Waals surface area (Å²) in [7, 11) is 0. The molecule has 2 N–H and O–H groups in total. The monoisotopic (exact) mass is 402 g/mol. The van der Waals surface area contributed by atoms with Crippen molar-refractivity contribution in [2.45, 2.75) is 20.3 Å². The Kier molecular flexibility index (Phi) is 7.16. The third kappa shape index (κ3) is 5.67. The summed E-state index contributed by atoms with van der Waals surface area (Å²) in [6.45, 7) is 4.35. The molecule has 0 aliphatic heterocycles. The fraction of sp³-hybridized carbons (Fsp3) is 0.208. The van der Waals surface area contributed by atoms with E-state index < -0.39 is 0 Å². The number of rotatable bonds is 8. The van der Waals surface area contributed by atoms with Gasteiger partial charge in [0.2, 0.25) is 11.8 Å². The van der Waals surface area contributed by atoms with Crippen molar-refractivity contribution in [2.24, 2.45) is 0 Å². The predicted molar refractivity (Wildman–Crippen MR) is 118 cm³/mol. The number of para-hydroxylation sites is 1. The highest BCUT2D eigenvalue weighted by molar-refractivity contribution is 5.94. The summed E-state index contributed by atoms with van der Waals surface area (Å²) < 4.78 is 1.85. The van der Waals surface area contributed by atoms with Crippen molar-refractivity contribution in [3.05, 3.63) is 89.3 Å². The van der Waals surface area contributed by atoms with Crippen LogP contribution in [0.2, 0.25) is 0 Å². The molecular weight excluding hydrogens is 376 g/mol. The zero-order valence-corrected chi connectivity index (χ0v) is 17.3. The largest absolute Gasteiger partial charge is 0.354 e. The quantitative estimate of drug-likeness (QED) is 0.569. The Labute approximate surface area is 176 Å². The topological polar surface area (TPSA) is 76.0 Å². The Morgan fingerprint density at radius 2 is 1.63 bits per heavy atom. The molecule has 0 radical (unpaired) electrons. The van der Waals surface area contributed by atoms with Gasteiger partial charge in [0.25, 0.3) is 0 Å². The Hall–Kier alpha value is -3.67. The molecule has 0 atom stereocenters. The number of nitrogens with one attached hydrogen (secondary N) is 2. The highest BCUT2D eigenvalue weighted by Gasteiger charge is 2.11. The van der Waals surface area contributed by atoms with Gasteiger partial charge >= 0.3 is 0 Å². The SMILES string of the molecule is Cc1nn(-c2ccccc2)c(C)c1/C=C/C(=O)NCC(=O)NCCc1ccccc1. The highest BCUT2D eigenvalue weighted by Crippen LogP contribution is 2.18. The molecule has 1 heterocycles. The second-order valence-corrected chi connectivity index (χ2v) is 6.97. The first-order chi connectivity index (χ1) is 14.5. The van der Waals surface area contributed by atoms with Crippen LogP contribution in [0, 0.1) is 13.8 Å². The van der Waals surface area contributed by atoms with E-state index in [1.165, 1.54) is 6.08 Å². The number of carbonyl (C=O) groups excluding carboxylic acids is 2. The smallest absolute Gasteiger partial charge is 0.244 e. The summed E-state index contributed by atoms with van der Waals surface area (Å²) in [4.78, 5) is 24.0. The molecule has 3 rings (SSSR count). The number of hydrogen-bond acceptors (Lipinski definition) is 3. The molecule has 6 nitrogen and oxygen atoms in total. The van der Waals surface area contributed by atoms with E-state index in [1.54, 1.807) is 6.08 Å². The van der Waals surface area contributed by atoms with E-state index >= 15 is 0 Å². The summed E-state index contributed by atoms with van der Waals surface area (Å²) in [5.74, 6) is -0.531. The third-order valence-corrected chi connectivity index (χ3v) is 4.75. The zero-order chi connectivity index (χ0) is 21.3. The number of aryl methyl sites for hydroxylation is 1. The molecule has 2 amide bonds. The molecule has 0 unspecified atom stereocenters. The van der Waals surface area contributed by atoms with Gasteiger partial charge in [0.15, 0.2) is 0 Å². The Morgan fingerprint density at radius 1 is 0.967 bits per heavy atom. The molecule has 30 heavy (non-hydrogen) atoms. The summed E-state index contributed by atoms with van der Waals surface area (Å²) in [6.07, 6.45) is 3.92. The fourth-order valence-electron chi connectivity index (χ4n) is 3.16. The lowest BCUT2D eigenvalue weighted by atomic mass is 10.1. The first kappa shape index (κ1) is 21.0. The maximum absolute atomic E-state index is 12.1. The third-order valence-electron chi connectivity index (χ3n) is 4.75. The van der Waals surface area contributed by atoms with E-state index in [0.717, 1.165) is 34.6 Å². The second kappa shape index (κ2) is 10.2. The van der Waals surface area contributed by atoms with Crippen LogP contribution in [0.4, 0.5) is 0 Å². The fourth-order valence-corrected chi connectivity index (χ4v) is 3.16. The highest BCUT2D eigenvalue weighted by atomic mass is 16.2. The van der Waals surface area contributed by atoms with Crippen LogP contribution in [0.15, 0.2) is 66.7 Å². The number of aromatic nitrogens is 2. The van der Waals surface area contributed by atoms with Crippen LogP contribution in [0.5, 0.6) is 0 Å². The lowest BCUT2D eigenvalue weighted by molar-refractivity contribution is -0.123. The van der Waals surface area contributed by atoms with Crippen molar-refractivity contribution in [3.8, 4) is 5.69 Å². The van der Waals surface area contributed by atoms with Gasteiger partial charge in [-0.3, -0.25) is 9.59 Å². The average Bonchev–Trinajstić information content (AvgIpc) is 3.05. The minimum absolute atomic E-state index is 0.0563. The summed E-state index contributed by atoms with van der Waals surface area (Å²) in [6, 6.07) is 19.8. The summed E-state index contributed by atoms with van der Waals surface area (Å²) in [5, 5.41) is 9.98. The molecule has 0 spiro atoms. The minimum atomic E-state index is -0.320. The van der Waals surface area contributed by atoms with Gasteiger partial charge in [-0.1, -0.05) is 48.5 Å². The van der Waals surface area contributed by atoms with Gasteiger partial charge in [-0.15, -0.1) is 0 Å². The number of benzene rings is 2. The lowest BCUT2D eigenvalue weighted by Gasteiger charge is -2.06. The van der Waals surface area contributed by atoms with Crippen molar-refractivity contribution in [2.75, 3.05) is 13.1 Å². The summed E-state index contributed by atoms with van der Waals surface area (Å²) in [5.41, 5.74) is 4.79. The molecule has 154 valence electrons. The van der Waals surface area contributed by atoms with Crippen LogP contribution in [0.3, 0.4) is 0 Å². The Morgan fingerprint density at radius 3 is 2.33 bits per heavy atom. The molecule has 0 saturated carbocycles. The molecular formula is C24H26N4O2. The van der Waals surface area contributed by atoms with E-state index in [4.69, 9.17) is 0 Å². The van der Waals surface area contributed by atoms with Crippen molar-refractivity contribution in [1.29, 1.82) is 0 Å².